The molecule has 2 atom stereocenters. The fraction of sp³-hybridized carbons (Fsp3) is 1.00. The van der Waals surface area contributed by atoms with Gasteiger partial charge in [0.05, 0.1) is 0 Å². The lowest BCUT2D eigenvalue weighted by Gasteiger charge is -2.34. The van der Waals surface area contributed by atoms with Crippen molar-refractivity contribution in [2.24, 2.45) is 10.8 Å². The van der Waals surface area contributed by atoms with Gasteiger partial charge in [0.25, 0.3) is 0 Å². The molecule has 0 heterocycles. The minimum Gasteiger partial charge on any atom is -0.312 e. The van der Waals surface area contributed by atoms with Gasteiger partial charge in [-0.2, -0.15) is 0 Å². The van der Waals surface area contributed by atoms with E-state index in [0.717, 1.165) is 13.1 Å². The van der Waals surface area contributed by atoms with Gasteiger partial charge >= 0.3 is 0 Å². The van der Waals surface area contributed by atoms with Crippen LogP contribution in [0.15, 0.2) is 0 Å². The quantitative estimate of drug-likeness (QED) is 0.757. The summed E-state index contributed by atoms with van der Waals surface area (Å²) >= 11 is 0. The van der Waals surface area contributed by atoms with Crippen LogP contribution in [0.25, 0.3) is 0 Å². The highest BCUT2D eigenvalue weighted by molar-refractivity contribution is 4.87. The van der Waals surface area contributed by atoms with Crippen molar-refractivity contribution in [2.45, 2.75) is 92.2 Å². The molecule has 0 aromatic heterocycles. The highest BCUT2D eigenvalue weighted by Crippen LogP contribution is 2.22. The Morgan fingerprint density at radius 1 is 0.700 bits per heavy atom. The van der Waals surface area contributed by atoms with E-state index in [2.05, 4.69) is 52.2 Å². The lowest BCUT2D eigenvalue weighted by atomic mass is 9.88. The van der Waals surface area contributed by atoms with Crippen molar-refractivity contribution >= 4 is 0 Å². The molecule has 1 fully saturated rings. The number of rotatable bonds is 6. The molecule has 1 aliphatic carbocycles. The Bertz CT molecular complexity index is 232. The lowest BCUT2D eigenvalue weighted by molar-refractivity contribution is 0.257. The van der Waals surface area contributed by atoms with Crippen LogP contribution in [0.1, 0.15) is 80.1 Å². The molecule has 120 valence electrons. The molecular weight excluding hydrogens is 244 g/mol. The number of nitrogens with one attached hydrogen (secondary N) is 2. The molecule has 1 rings (SSSR count). The smallest absolute Gasteiger partial charge is 0.0221 e. The minimum atomic E-state index is 0.441. The highest BCUT2D eigenvalue weighted by Gasteiger charge is 2.25. The van der Waals surface area contributed by atoms with Gasteiger partial charge < -0.3 is 10.6 Å². The van der Waals surface area contributed by atoms with Crippen molar-refractivity contribution in [3.8, 4) is 0 Å². The van der Waals surface area contributed by atoms with Gasteiger partial charge in [0.1, 0.15) is 0 Å². The van der Waals surface area contributed by atoms with Crippen LogP contribution in [0.4, 0.5) is 0 Å². The van der Waals surface area contributed by atoms with Gasteiger partial charge in [0, 0.05) is 12.1 Å². The van der Waals surface area contributed by atoms with Crippen LogP contribution in [-0.4, -0.2) is 25.2 Å². The van der Waals surface area contributed by atoms with E-state index in [0.29, 0.717) is 22.9 Å². The molecule has 0 bridgehead atoms. The molecule has 0 saturated heterocycles. The van der Waals surface area contributed by atoms with Crippen LogP contribution in [0, 0.1) is 10.8 Å². The van der Waals surface area contributed by atoms with Gasteiger partial charge in [-0.3, -0.25) is 0 Å². The molecule has 0 aromatic rings. The van der Waals surface area contributed by atoms with E-state index in [1.54, 1.807) is 0 Å². The zero-order valence-corrected chi connectivity index (χ0v) is 14.8. The Morgan fingerprint density at radius 3 is 1.35 bits per heavy atom. The third-order valence-electron chi connectivity index (χ3n) is 4.33. The Balaban J connectivity index is 2.30. The zero-order chi connectivity index (χ0) is 15.2. The Kier molecular flexibility index (Phi) is 7.00. The summed E-state index contributed by atoms with van der Waals surface area (Å²) in [6.45, 7) is 16.3. The van der Waals surface area contributed by atoms with Gasteiger partial charge in [-0.1, -0.05) is 54.4 Å². The molecule has 1 saturated carbocycles. The maximum atomic E-state index is 3.81. The van der Waals surface area contributed by atoms with Crippen LogP contribution in [0.2, 0.25) is 0 Å². The summed E-state index contributed by atoms with van der Waals surface area (Å²) < 4.78 is 0. The van der Waals surface area contributed by atoms with Gasteiger partial charge in [-0.25, -0.2) is 0 Å². The molecule has 0 amide bonds. The Labute approximate surface area is 127 Å². The van der Waals surface area contributed by atoms with Crippen molar-refractivity contribution in [1.82, 2.24) is 10.6 Å². The molecule has 20 heavy (non-hydrogen) atoms. The predicted octanol–water partition coefficient (Wildman–Crippen LogP) is 4.35. The van der Waals surface area contributed by atoms with E-state index in [9.17, 15) is 0 Å². The number of hydrogen-bond acceptors (Lipinski definition) is 2. The molecule has 0 aliphatic heterocycles. The van der Waals surface area contributed by atoms with Crippen LogP contribution in [0.3, 0.4) is 0 Å². The first kappa shape index (κ1) is 18.0. The second-order valence-electron chi connectivity index (χ2n) is 9.03. The summed E-state index contributed by atoms with van der Waals surface area (Å²) in [4.78, 5) is 0. The predicted molar refractivity (Wildman–Crippen MR) is 90.2 cm³/mol. The van der Waals surface area contributed by atoms with E-state index in [1.807, 2.05) is 0 Å². The molecular formula is C18H38N2. The second kappa shape index (κ2) is 7.79. The van der Waals surface area contributed by atoms with Crippen LogP contribution in [-0.2, 0) is 0 Å². The molecule has 2 nitrogen and oxygen atoms in total. The van der Waals surface area contributed by atoms with E-state index in [1.165, 1.54) is 38.5 Å². The second-order valence-corrected chi connectivity index (χ2v) is 9.03. The lowest BCUT2D eigenvalue weighted by Crippen LogP contribution is -2.50. The van der Waals surface area contributed by atoms with Crippen molar-refractivity contribution in [2.75, 3.05) is 13.1 Å². The van der Waals surface area contributed by atoms with Crippen molar-refractivity contribution < 1.29 is 0 Å². The summed E-state index contributed by atoms with van der Waals surface area (Å²) in [6, 6.07) is 1.37. The molecule has 0 unspecified atom stereocenters. The molecule has 0 spiro atoms. The largest absolute Gasteiger partial charge is 0.312 e. The Morgan fingerprint density at radius 2 is 1.05 bits per heavy atom. The first-order valence-corrected chi connectivity index (χ1v) is 8.64. The van der Waals surface area contributed by atoms with Gasteiger partial charge in [-0.05, 0) is 49.6 Å². The molecule has 1 aliphatic rings. The van der Waals surface area contributed by atoms with Crippen LogP contribution in [0.5, 0.6) is 0 Å². The van der Waals surface area contributed by atoms with Crippen LogP contribution >= 0.6 is 0 Å². The summed E-state index contributed by atoms with van der Waals surface area (Å²) in [5.41, 5.74) is 0.883. The SMILES string of the molecule is CC(C)(C)CCN[C@H]1CCCC[C@@H]1NCCC(C)(C)C. The highest BCUT2D eigenvalue weighted by atomic mass is 15.0. The molecule has 2 N–H and O–H groups in total. The number of hydrogen-bond donors (Lipinski definition) is 2. The maximum absolute atomic E-state index is 3.81. The average Bonchev–Trinajstić information content (AvgIpc) is 2.28. The Hall–Kier alpha value is -0.0800. The van der Waals surface area contributed by atoms with E-state index < -0.39 is 0 Å². The molecule has 0 radical (unpaired) electrons. The fourth-order valence-electron chi connectivity index (χ4n) is 2.88. The van der Waals surface area contributed by atoms with Gasteiger partial charge in [0.2, 0.25) is 0 Å². The summed E-state index contributed by atoms with van der Waals surface area (Å²) in [7, 11) is 0. The third-order valence-corrected chi connectivity index (χ3v) is 4.33. The molecule has 0 aromatic carbocycles. The first-order valence-electron chi connectivity index (χ1n) is 8.64. The summed E-state index contributed by atoms with van der Waals surface area (Å²) in [5, 5.41) is 7.63. The van der Waals surface area contributed by atoms with Crippen LogP contribution < -0.4 is 10.6 Å². The first-order chi connectivity index (χ1) is 9.17. The van der Waals surface area contributed by atoms with Crippen molar-refractivity contribution in [1.29, 1.82) is 0 Å². The average molecular weight is 283 g/mol. The van der Waals surface area contributed by atoms with E-state index in [4.69, 9.17) is 0 Å². The summed E-state index contributed by atoms with van der Waals surface area (Å²) in [5.74, 6) is 0. The van der Waals surface area contributed by atoms with Gasteiger partial charge in [-0.15, -0.1) is 0 Å². The topological polar surface area (TPSA) is 24.1 Å². The minimum absolute atomic E-state index is 0.441. The normalized spacial score (nSPS) is 24.9. The zero-order valence-electron chi connectivity index (χ0n) is 14.8. The standard InChI is InChI=1S/C18H38N2/c1-17(2,3)11-13-19-15-9-7-8-10-16(15)20-14-12-18(4,5)6/h15-16,19-20H,7-14H2,1-6H3/t15-,16-/m0/s1. The monoisotopic (exact) mass is 282 g/mol. The fourth-order valence-corrected chi connectivity index (χ4v) is 2.88. The van der Waals surface area contributed by atoms with E-state index in [-0.39, 0.29) is 0 Å². The van der Waals surface area contributed by atoms with E-state index >= 15 is 0 Å². The molecule has 2 heteroatoms. The van der Waals surface area contributed by atoms with Gasteiger partial charge in [0.15, 0.2) is 0 Å². The van der Waals surface area contributed by atoms with Crippen molar-refractivity contribution in [3.63, 3.8) is 0 Å². The third kappa shape index (κ3) is 8.26. The summed E-state index contributed by atoms with van der Waals surface area (Å²) in [6.07, 6.45) is 8.00. The van der Waals surface area contributed by atoms with Crippen molar-refractivity contribution in [3.05, 3.63) is 0 Å². The maximum Gasteiger partial charge on any atom is 0.0221 e.